The van der Waals surface area contributed by atoms with E-state index in [0.29, 0.717) is 50.3 Å². The van der Waals surface area contributed by atoms with Gasteiger partial charge in [0.1, 0.15) is 5.76 Å². The summed E-state index contributed by atoms with van der Waals surface area (Å²) in [4.78, 5) is 46.6. The van der Waals surface area contributed by atoms with Crippen LogP contribution in [0.4, 0.5) is 5.69 Å². The third-order valence-corrected chi connectivity index (χ3v) is 9.99. The molecule has 0 aromatic heterocycles. The maximum absolute atomic E-state index is 14.4. The van der Waals surface area contributed by atoms with Crippen molar-refractivity contribution >= 4 is 39.1 Å². The van der Waals surface area contributed by atoms with E-state index in [4.69, 9.17) is 0 Å². The molecule has 5 rings (SSSR count). The van der Waals surface area contributed by atoms with Crippen molar-refractivity contribution in [3.63, 3.8) is 0 Å². The quantitative estimate of drug-likeness (QED) is 0.275. The Hall–Kier alpha value is -3.54. The number of hydrogen-bond donors (Lipinski definition) is 1. The second-order valence-electron chi connectivity index (χ2n) is 11.0. The maximum Gasteiger partial charge on any atom is 0.296 e. The molecule has 11 heteroatoms. The van der Waals surface area contributed by atoms with Crippen LogP contribution in [0.25, 0.3) is 5.76 Å². The maximum atomic E-state index is 14.4. The lowest BCUT2D eigenvalue weighted by molar-refractivity contribution is -0.143. The molecule has 2 saturated heterocycles. The van der Waals surface area contributed by atoms with Crippen LogP contribution in [0, 0.1) is 0 Å². The zero-order chi connectivity index (χ0) is 29.5. The van der Waals surface area contributed by atoms with E-state index in [1.807, 2.05) is 25.9 Å². The number of benzene rings is 2. The molecule has 0 aliphatic carbocycles. The van der Waals surface area contributed by atoms with Crippen molar-refractivity contribution in [2.45, 2.75) is 43.0 Å². The van der Waals surface area contributed by atoms with E-state index < -0.39 is 38.9 Å². The molecule has 3 heterocycles. The van der Waals surface area contributed by atoms with Gasteiger partial charge < -0.3 is 19.8 Å². The summed E-state index contributed by atoms with van der Waals surface area (Å²) in [6.07, 6.45) is 2.76. The molecule has 3 aliphatic heterocycles. The summed E-state index contributed by atoms with van der Waals surface area (Å²) in [7, 11) is 0.110. The first kappa shape index (κ1) is 29.0. The van der Waals surface area contributed by atoms with Crippen LogP contribution in [0.5, 0.6) is 0 Å². The fourth-order valence-electron chi connectivity index (χ4n) is 6.16. The molecule has 1 atom stereocenters. The van der Waals surface area contributed by atoms with E-state index in [1.165, 1.54) is 33.5 Å². The number of aliphatic hydroxyl groups excluding tert-OH is 1. The number of carbonyl (C=O) groups is 3. The molecular weight excluding hydrogens is 544 g/mol. The van der Waals surface area contributed by atoms with E-state index in [1.54, 1.807) is 29.2 Å². The van der Waals surface area contributed by atoms with Gasteiger partial charge in [0, 0.05) is 37.3 Å². The Morgan fingerprint density at radius 1 is 0.976 bits per heavy atom. The molecule has 0 saturated carbocycles. The highest BCUT2D eigenvalue weighted by Crippen LogP contribution is 2.53. The van der Waals surface area contributed by atoms with Gasteiger partial charge in [-0.05, 0) is 76.7 Å². The zero-order valence-corrected chi connectivity index (χ0v) is 24.5. The fraction of sp³-hybridized carbons (Fsp3) is 0.433. The predicted molar refractivity (Wildman–Crippen MR) is 155 cm³/mol. The highest BCUT2D eigenvalue weighted by Gasteiger charge is 2.66. The Balaban J connectivity index is 1.67. The van der Waals surface area contributed by atoms with Crippen LogP contribution < -0.4 is 4.90 Å². The van der Waals surface area contributed by atoms with Crippen LogP contribution >= 0.6 is 0 Å². The molecule has 2 aromatic rings. The number of Topliss-reactive ketones (excluding diaryl/α,β-unsaturated/α-hetero) is 1. The molecule has 3 aliphatic rings. The minimum Gasteiger partial charge on any atom is -0.507 e. The van der Waals surface area contributed by atoms with Gasteiger partial charge in [-0.25, -0.2) is 8.42 Å². The van der Waals surface area contributed by atoms with Crippen molar-refractivity contribution in [1.82, 2.24) is 14.1 Å². The number of nitrogens with zero attached hydrogens (tertiary/aromatic N) is 4. The minimum absolute atomic E-state index is 0.0752. The zero-order valence-electron chi connectivity index (χ0n) is 23.7. The normalized spacial score (nSPS) is 22.5. The number of rotatable bonds is 9. The molecule has 2 amide bonds. The number of para-hydroxylation sites is 1. The summed E-state index contributed by atoms with van der Waals surface area (Å²) < 4.78 is 27.5. The van der Waals surface area contributed by atoms with Crippen LogP contribution in [0.1, 0.15) is 43.7 Å². The van der Waals surface area contributed by atoms with Crippen LogP contribution in [0.15, 0.2) is 59.0 Å². The van der Waals surface area contributed by atoms with Gasteiger partial charge in [-0.2, -0.15) is 4.31 Å². The van der Waals surface area contributed by atoms with Gasteiger partial charge >= 0.3 is 0 Å². The topological polar surface area (TPSA) is 119 Å². The van der Waals surface area contributed by atoms with E-state index in [0.717, 1.165) is 12.8 Å². The van der Waals surface area contributed by atoms with Gasteiger partial charge in [-0.1, -0.05) is 25.1 Å². The number of hydrogen-bond acceptors (Lipinski definition) is 7. The van der Waals surface area contributed by atoms with Gasteiger partial charge in [0.05, 0.1) is 16.2 Å². The number of carbonyl (C=O) groups excluding carboxylic acids is 3. The van der Waals surface area contributed by atoms with E-state index in [-0.39, 0.29) is 22.6 Å². The van der Waals surface area contributed by atoms with Crippen molar-refractivity contribution < 1.29 is 27.9 Å². The largest absolute Gasteiger partial charge is 0.507 e. The number of likely N-dealkylation sites (tertiary alicyclic amines) is 1. The van der Waals surface area contributed by atoms with Crippen molar-refractivity contribution in [2.24, 2.45) is 0 Å². The van der Waals surface area contributed by atoms with Gasteiger partial charge in [-0.15, -0.1) is 0 Å². The first-order chi connectivity index (χ1) is 19.6. The standard InChI is InChI=1S/C30H36N4O6S/c1-4-16-33-24-11-6-5-10-23(24)30(29(33)38)25(27(36)28(37)34(30)20-9-17-31(2)3)26(35)21-12-14-22(15-13-21)41(39,40)32-18-7-8-19-32/h5-6,10-15,35H,4,7-9,16-20H2,1-3H3/t30-/m1/s1. The minimum atomic E-state index is -3.69. The van der Waals surface area contributed by atoms with Crippen molar-refractivity contribution in [3.05, 3.63) is 65.2 Å². The average Bonchev–Trinajstić information content (AvgIpc) is 3.64. The third-order valence-electron chi connectivity index (χ3n) is 8.07. The smallest absolute Gasteiger partial charge is 0.296 e. The van der Waals surface area contributed by atoms with Gasteiger partial charge in [-0.3, -0.25) is 14.4 Å². The van der Waals surface area contributed by atoms with Gasteiger partial charge in [0.15, 0.2) is 5.54 Å². The SMILES string of the molecule is CCCN1C(=O)[C@]2(C(=C(O)c3ccc(S(=O)(=O)N4CCCC4)cc3)C(=O)C(=O)N2CCCN(C)C)c2ccccc21. The Morgan fingerprint density at radius 3 is 2.27 bits per heavy atom. The van der Waals surface area contributed by atoms with Crippen LogP contribution in [-0.4, -0.2) is 92.0 Å². The second kappa shape index (κ2) is 11.0. The summed E-state index contributed by atoms with van der Waals surface area (Å²) in [5.74, 6) is -2.76. The molecule has 218 valence electrons. The number of anilines is 1. The number of aliphatic hydroxyl groups is 1. The summed E-state index contributed by atoms with van der Waals surface area (Å²) in [6.45, 7) is 3.98. The predicted octanol–water partition coefficient (Wildman–Crippen LogP) is 2.76. The summed E-state index contributed by atoms with van der Waals surface area (Å²) in [5.41, 5.74) is -0.903. The molecule has 1 spiro atoms. The molecule has 2 fully saturated rings. The Bertz CT molecular complexity index is 1510. The van der Waals surface area contributed by atoms with Crippen molar-refractivity contribution in [2.75, 3.05) is 51.7 Å². The second-order valence-corrected chi connectivity index (χ2v) is 12.9. The lowest BCUT2D eigenvalue weighted by Gasteiger charge is -2.34. The molecule has 41 heavy (non-hydrogen) atoms. The first-order valence-corrected chi connectivity index (χ1v) is 15.5. The van der Waals surface area contributed by atoms with E-state index in [2.05, 4.69) is 0 Å². The lowest BCUT2D eigenvalue weighted by atomic mass is 9.82. The molecule has 10 nitrogen and oxygen atoms in total. The molecule has 0 unspecified atom stereocenters. The third kappa shape index (κ3) is 4.56. The highest BCUT2D eigenvalue weighted by atomic mass is 32.2. The molecular formula is C30H36N4O6S. The Labute approximate surface area is 240 Å². The van der Waals surface area contributed by atoms with E-state index in [9.17, 15) is 27.9 Å². The number of amides is 2. The first-order valence-electron chi connectivity index (χ1n) is 14.0. The summed E-state index contributed by atoms with van der Waals surface area (Å²) in [6, 6.07) is 12.7. The molecule has 0 radical (unpaired) electrons. The number of sulfonamides is 1. The van der Waals surface area contributed by atoms with Crippen LogP contribution in [-0.2, 0) is 29.9 Å². The Morgan fingerprint density at radius 2 is 1.63 bits per heavy atom. The van der Waals surface area contributed by atoms with Crippen molar-refractivity contribution in [1.29, 1.82) is 0 Å². The molecule has 2 aromatic carbocycles. The van der Waals surface area contributed by atoms with Crippen LogP contribution in [0.3, 0.4) is 0 Å². The van der Waals surface area contributed by atoms with Gasteiger partial charge in [0.2, 0.25) is 10.0 Å². The average molecular weight is 581 g/mol. The van der Waals surface area contributed by atoms with Crippen molar-refractivity contribution in [3.8, 4) is 0 Å². The summed E-state index contributed by atoms with van der Waals surface area (Å²) in [5, 5.41) is 11.7. The van der Waals surface area contributed by atoms with Crippen LogP contribution in [0.2, 0.25) is 0 Å². The van der Waals surface area contributed by atoms with E-state index >= 15 is 0 Å². The Kier molecular flexibility index (Phi) is 7.80. The lowest BCUT2D eigenvalue weighted by Crippen LogP contribution is -2.52. The summed E-state index contributed by atoms with van der Waals surface area (Å²) >= 11 is 0. The fourth-order valence-corrected chi connectivity index (χ4v) is 7.68. The molecule has 0 bridgehead atoms. The monoisotopic (exact) mass is 580 g/mol. The highest BCUT2D eigenvalue weighted by molar-refractivity contribution is 7.89. The number of ketones is 1. The number of fused-ring (bicyclic) bond motifs is 2. The van der Waals surface area contributed by atoms with Gasteiger partial charge in [0.25, 0.3) is 17.6 Å². The molecule has 1 N–H and O–H groups in total.